The molecule has 0 spiro atoms. The Bertz CT molecular complexity index is 2320. The summed E-state index contributed by atoms with van der Waals surface area (Å²) in [5.74, 6) is -1.69. The molecule has 0 fully saturated rings. The van der Waals surface area contributed by atoms with Gasteiger partial charge in [0.25, 0.3) is 5.91 Å². The zero-order valence-electron chi connectivity index (χ0n) is 27.9. The molecule has 0 saturated carbocycles. The summed E-state index contributed by atoms with van der Waals surface area (Å²) in [7, 11) is 0. The first-order chi connectivity index (χ1) is 25.5. The van der Waals surface area contributed by atoms with Crippen molar-refractivity contribution in [3.8, 4) is 23.3 Å². The zero-order chi connectivity index (χ0) is 37.8. The number of rotatable bonds is 7. The molecule has 19 heteroatoms. The van der Waals surface area contributed by atoms with Crippen LogP contribution in [-0.4, -0.2) is 73.2 Å². The van der Waals surface area contributed by atoms with Gasteiger partial charge in [-0.1, -0.05) is 23.2 Å². The van der Waals surface area contributed by atoms with Gasteiger partial charge >= 0.3 is 5.97 Å². The van der Waals surface area contributed by atoms with Gasteiger partial charge < -0.3 is 45.1 Å². The van der Waals surface area contributed by atoms with E-state index in [-0.39, 0.29) is 65.1 Å². The third-order valence-electron chi connectivity index (χ3n) is 7.81. The predicted molar refractivity (Wildman–Crippen MR) is 188 cm³/mol. The van der Waals surface area contributed by atoms with Crippen LogP contribution in [0.3, 0.4) is 0 Å². The van der Waals surface area contributed by atoms with Crippen molar-refractivity contribution in [2.45, 2.75) is 26.1 Å². The molecule has 7 rings (SSSR count). The van der Waals surface area contributed by atoms with Crippen molar-refractivity contribution >= 4 is 57.4 Å². The third-order valence-corrected chi connectivity index (χ3v) is 8.57. The number of nitrogens with two attached hydrogens (primary N) is 1. The maximum atomic E-state index is 13.9. The van der Waals surface area contributed by atoms with E-state index in [1.807, 2.05) is 0 Å². The van der Waals surface area contributed by atoms with E-state index in [4.69, 9.17) is 47.9 Å². The number of nitrogens with one attached hydrogen (secondary N) is 3. The summed E-state index contributed by atoms with van der Waals surface area (Å²) in [6.07, 6.45) is 4.18. The number of carbonyl (C=O) groups is 2. The van der Waals surface area contributed by atoms with E-state index >= 15 is 0 Å². The molecule has 1 aliphatic rings. The molecule has 4 aromatic heterocycles. The highest BCUT2D eigenvalue weighted by Gasteiger charge is 2.24. The number of hydrogen-bond donors (Lipinski definition) is 5. The van der Waals surface area contributed by atoms with E-state index in [2.05, 4.69) is 35.2 Å². The summed E-state index contributed by atoms with van der Waals surface area (Å²) in [6, 6.07) is 5.34. The summed E-state index contributed by atoms with van der Waals surface area (Å²) in [5, 5.41) is 11.7. The molecule has 6 aromatic rings. The zero-order valence-corrected chi connectivity index (χ0v) is 29.4. The summed E-state index contributed by atoms with van der Waals surface area (Å²) >= 11 is 12.2. The number of benzene rings is 2. The fourth-order valence-corrected chi connectivity index (χ4v) is 6.00. The Morgan fingerprint density at radius 2 is 1.77 bits per heavy atom. The molecule has 0 radical (unpaired) electrons. The summed E-state index contributed by atoms with van der Waals surface area (Å²) < 4.78 is 50.6. The fraction of sp³-hybridized carbons (Fsp3) is 0.235. The Morgan fingerprint density at radius 1 is 1.06 bits per heavy atom. The van der Waals surface area contributed by atoms with Crippen molar-refractivity contribution in [3.05, 3.63) is 93.0 Å². The van der Waals surface area contributed by atoms with Crippen LogP contribution in [0.15, 0.2) is 49.1 Å². The van der Waals surface area contributed by atoms with Crippen molar-refractivity contribution < 1.29 is 42.4 Å². The first-order valence-electron chi connectivity index (χ1n) is 15.9. The topological polar surface area (TPSA) is 212 Å². The minimum absolute atomic E-state index is 0.0358. The number of carbonyl (C=O) groups excluding carboxylic acids is 1. The number of hydrogen-bond acceptors (Lipinski definition) is 11. The van der Waals surface area contributed by atoms with Gasteiger partial charge in [-0.3, -0.25) is 4.79 Å². The van der Waals surface area contributed by atoms with Crippen LogP contribution in [0.4, 0.5) is 8.78 Å². The van der Waals surface area contributed by atoms with Crippen LogP contribution in [0, 0.1) is 11.6 Å². The van der Waals surface area contributed by atoms with Gasteiger partial charge in [-0.15, -0.1) is 0 Å². The van der Waals surface area contributed by atoms with Crippen molar-refractivity contribution in [3.63, 3.8) is 0 Å². The normalized spacial score (nSPS) is 14.7. The van der Waals surface area contributed by atoms with Gasteiger partial charge in [-0.25, -0.2) is 33.5 Å². The van der Waals surface area contributed by atoms with Gasteiger partial charge in [-0.2, -0.15) is 0 Å². The van der Waals surface area contributed by atoms with Crippen LogP contribution in [-0.2, 0) is 0 Å². The number of nitrogens with zero attached hydrogens (tertiary/aromatic N) is 4. The van der Waals surface area contributed by atoms with E-state index in [9.17, 15) is 23.5 Å². The SMILES string of the molecule is CC(Oc1cnc2[nH]cc(C(=O)O)c2n1)c1c(OCCN)ccc(F)c1Cl.CC1Oc2cnc3[nH]cc(c3n2)C(=O)NCCOc2ccc(F)c(Cl)c21. The number of aromatic amines is 2. The lowest BCUT2D eigenvalue weighted by molar-refractivity contribution is 0.0698. The van der Waals surface area contributed by atoms with Crippen LogP contribution in [0.1, 0.15) is 57.9 Å². The molecule has 276 valence electrons. The van der Waals surface area contributed by atoms with Gasteiger partial charge in [0.15, 0.2) is 11.3 Å². The lowest BCUT2D eigenvalue weighted by Gasteiger charge is -2.19. The number of ether oxygens (including phenoxy) is 4. The third kappa shape index (κ3) is 7.86. The molecule has 2 bridgehead atoms. The van der Waals surface area contributed by atoms with Crippen molar-refractivity contribution in [2.75, 3.05) is 26.3 Å². The lowest BCUT2D eigenvalue weighted by Crippen LogP contribution is -2.28. The van der Waals surface area contributed by atoms with Gasteiger partial charge in [-0.05, 0) is 38.1 Å². The molecule has 2 atom stereocenters. The summed E-state index contributed by atoms with van der Waals surface area (Å²) in [6.45, 7) is 4.28. The minimum Gasteiger partial charge on any atom is -0.492 e. The summed E-state index contributed by atoms with van der Waals surface area (Å²) in [4.78, 5) is 46.0. The smallest absolute Gasteiger partial charge is 0.339 e. The second kappa shape index (κ2) is 15.9. The highest BCUT2D eigenvalue weighted by atomic mass is 35.5. The van der Waals surface area contributed by atoms with Crippen LogP contribution >= 0.6 is 23.2 Å². The Kier molecular flexibility index (Phi) is 11.1. The Labute approximate surface area is 308 Å². The standard InChI is InChI=1S/C17H16ClFN4O4.C17H14ClFN4O3/c1-8(13-11(26-5-4-20)3-2-10(19)14(13)18)27-12-7-22-16-15(23-12)9(6-21-16)17(24)25;1-8-13-11(3-2-10(19)14(13)18)25-5-4-20-17(24)9-6-21-16-15(9)23-12(26-8)7-22-16/h2-3,6-8H,4-5,20H2,1H3,(H,21,22)(H,24,25);2-3,6-8H,4-5H2,1H3,(H,20,24)(H,21,22). The van der Waals surface area contributed by atoms with E-state index in [0.717, 1.165) is 0 Å². The van der Waals surface area contributed by atoms with E-state index in [1.54, 1.807) is 13.8 Å². The highest BCUT2D eigenvalue weighted by molar-refractivity contribution is 6.32. The molecule has 1 amide bonds. The van der Waals surface area contributed by atoms with Crippen molar-refractivity contribution in [1.82, 2.24) is 35.2 Å². The van der Waals surface area contributed by atoms with Crippen LogP contribution < -0.4 is 30.0 Å². The van der Waals surface area contributed by atoms with Crippen LogP contribution in [0.2, 0.25) is 10.0 Å². The molecule has 0 saturated heterocycles. The maximum absolute atomic E-state index is 13.9. The molecule has 5 heterocycles. The minimum atomic E-state index is -1.15. The molecular weight excluding hydrogens is 741 g/mol. The van der Waals surface area contributed by atoms with Gasteiger partial charge in [0.1, 0.15) is 65.2 Å². The number of fused-ring (bicyclic) bond motifs is 3. The fourth-order valence-electron chi connectivity index (χ4n) is 5.38. The molecule has 15 nitrogen and oxygen atoms in total. The Hall–Kier alpha value is -5.78. The number of H-pyrrole nitrogens is 2. The van der Waals surface area contributed by atoms with Gasteiger partial charge in [0.05, 0.1) is 45.7 Å². The monoisotopic (exact) mass is 770 g/mol. The first-order valence-corrected chi connectivity index (χ1v) is 16.7. The second-order valence-electron chi connectivity index (χ2n) is 11.3. The number of carboxylic acid groups (broad SMARTS) is 1. The molecule has 6 N–H and O–H groups in total. The Balaban J connectivity index is 0.000000181. The molecule has 2 aromatic carbocycles. The highest BCUT2D eigenvalue weighted by Crippen LogP contribution is 2.38. The average Bonchev–Trinajstić information content (AvgIpc) is 3.76. The Morgan fingerprint density at radius 3 is 2.55 bits per heavy atom. The lowest BCUT2D eigenvalue weighted by atomic mass is 10.1. The molecule has 0 aliphatic carbocycles. The molecular formula is C34H30Cl2F2N8O7. The second-order valence-corrected chi connectivity index (χ2v) is 12.1. The van der Waals surface area contributed by atoms with E-state index < -0.39 is 29.8 Å². The number of aromatic carboxylic acids is 1. The van der Waals surface area contributed by atoms with Gasteiger partial charge in [0, 0.05) is 18.9 Å². The van der Waals surface area contributed by atoms with Crippen LogP contribution in [0.25, 0.3) is 22.3 Å². The average molecular weight is 772 g/mol. The number of amides is 1. The number of halogens is 4. The van der Waals surface area contributed by atoms with E-state index in [1.165, 1.54) is 49.1 Å². The summed E-state index contributed by atoms with van der Waals surface area (Å²) in [5.41, 5.74) is 7.73. The van der Waals surface area contributed by atoms with Crippen molar-refractivity contribution in [2.24, 2.45) is 5.73 Å². The van der Waals surface area contributed by atoms with E-state index in [0.29, 0.717) is 45.0 Å². The number of aromatic nitrogens is 6. The number of carboxylic acids is 1. The van der Waals surface area contributed by atoms with Crippen LogP contribution in [0.5, 0.6) is 23.3 Å². The molecule has 1 aliphatic heterocycles. The first kappa shape index (κ1) is 37.0. The molecule has 53 heavy (non-hydrogen) atoms. The maximum Gasteiger partial charge on any atom is 0.339 e. The predicted octanol–water partition coefficient (Wildman–Crippen LogP) is 5.94. The molecule has 2 unspecified atom stereocenters. The largest absolute Gasteiger partial charge is 0.492 e. The quantitative estimate of drug-likeness (QED) is 0.128. The van der Waals surface area contributed by atoms with Gasteiger partial charge in [0.2, 0.25) is 11.8 Å². The van der Waals surface area contributed by atoms with Crippen molar-refractivity contribution in [1.29, 1.82) is 0 Å².